The van der Waals surface area contributed by atoms with Crippen LogP contribution >= 0.6 is 34.5 Å². The Kier molecular flexibility index (Phi) is 8.06. The molecule has 0 saturated heterocycles. The Bertz CT molecular complexity index is 1700. The molecule has 5 rings (SSSR count). The number of hydrogen-bond acceptors (Lipinski definition) is 7. The van der Waals surface area contributed by atoms with E-state index in [1.54, 1.807) is 67.1 Å². The molecule has 0 fully saturated rings. The third-order valence-electron chi connectivity index (χ3n) is 6.99. The number of anilines is 2. The Morgan fingerprint density at radius 3 is 2.40 bits per heavy atom. The average molecular weight is 623 g/mol. The number of nitriles is 1. The number of halogens is 2. The second kappa shape index (κ2) is 11.6. The fourth-order valence-electron chi connectivity index (χ4n) is 4.91. The van der Waals surface area contributed by atoms with Crippen molar-refractivity contribution in [2.45, 2.75) is 44.8 Å². The summed E-state index contributed by atoms with van der Waals surface area (Å²) in [6, 6.07) is 12.5. The van der Waals surface area contributed by atoms with Gasteiger partial charge in [-0.2, -0.15) is 5.26 Å². The molecule has 214 valence electrons. The fraction of sp³-hybridized carbons (Fsp3) is 0.241. The van der Waals surface area contributed by atoms with Crippen molar-refractivity contribution in [3.8, 4) is 6.07 Å². The maximum absolute atomic E-state index is 14.2. The third-order valence-corrected chi connectivity index (χ3v) is 8.39. The van der Waals surface area contributed by atoms with Crippen LogP contribution in [0.2, 0.25) is 10.0 Å². The van der Waals surface area contributed by atoms with Crippen molar-refractivity contribution >= 4 is 63.9 Å². The van der Waals surface area contributed by atoms with E-state index in [4.69, 9.17) is 23.2 Å². The molecular formula is C29H25Cl2N7O3S. The summed E-state index contributed by atoms with van der Waals surface area (Å²) in [5, 5.41) is 18.0. The first-order chi connectivity index (χ1) is 20.0. The van der Waals surface area contributed by atoms with Crippen LogP contribution in [-0.4, -0.2) is 38.3 Å². The van der Waals surface area contributed by atoms with Gasteiger partial charge in [0.1, 0.15) is 22.3 Å². The summed E-state index contributed by atoms with van der Waals surface area (Å²) in [6.07, 6.45) is 3.22. The molecule has 2 N–H and O–H groups in total. The number of amides is 3. The molecule has 3 atom stereocenters. The van der Waals surface area contributed by atoms with E-state index in [-0.39, 0.29) is 35.9 Å². The quantitative estimate of drug-likeness (QED) is 0.279. The van der Waals surface area contributed by atoms with Crippen molar-refractivity contribution in [3.05, 3.63) is 92.1 Å². The first-order valence-electron chi connectivity index (χ1n) is 12.9. The van der Waals surface area contributed by atoms with Crippen LogP contribution in [0.1, 0.15) is 53.4 Å². The average Bonchev–Trinajstić information content (AvgIpc) is 3.68. The lowest BCUT2D eigenvalue weighted by Gasteiger charge is -2.27. The number of imidazole rings is 1. The van der Waals surface area contributed by atoms with E-state index < -0.39 is 17.5 Å². The molecule has 0 radical (unpaired) electrons. The van der Waals surface area contributed by atoms with Gasteiger partial charge in [0.25, 0.3) is 11.8 Å². The molecular weight excluding hydrogens is 597 g/mol. The molecule has 2 aromatic carbocycles. The van der Waals surface area contributed by atoms with Crippen LogP contribution in [0.4, 0.5) is 11.6 Å². The molecule has 10 nitrogen and oxygen atoms in total. The summed E-state index contributed by atoms with van der Waals surface area (Å²) < 4.78 is 1.57. The minimum absolute atomic E-state index is 0.0951. The van der Waals surface area contributed by atoms with Crippen molar-refractivity contribution in [2.75, 3.05) is 4.90 Å². The largest absolute Gasteiger partial charge is 0.345 e. The molecule has 0 spiro atoms. The lowest BCUT2D eigenvalue weighted by atomic mass is 9.91. The highest BCUT2D eigenvalue weighted by atomic mass is 35.5. The molecule has 13 heteroatoms. The molecule has 4 aromatic rings. The van der Waals surface area contributed by atoms with Crippen LogP contribution in [0.15, 0.2) is 60.2 Å². The number of carbonyl (C=O) groups is 3. The highest BCUT2D eigenvalue weighted by Gasteiger charge is 2.51. The zero-order valence-electron chi connectivity index (χ0n) is 22.8. The van der Waals surface area contributed by atoms with Crippen molar-refractivity contribution < 1.29 is 14.4 Å². The predicted molar refractivity (Wildman–Crippen MR) is 160 cm³/mol. The van der Waals surface area contributed by atoms with Gasteiger partial charge >= 0.3 is 0 Å². The topological polar surface area (TPSA) is 133 Å². The van der Waals surface area contributed by atoms with Crippen molar-refractivity contribution in [2.24, 2.45) is 0 Å². The molecule has 0 aliphatic carbocycles. The lowest BCUT2D eigenvalue weighted by Crippen LogP contribution is -2.47. The SMILES string of the molecule is CC(NC(=O)[C@H](C)NC(=O)c1cnc2n1[C@](C)(Cc1ccc(C#N)cc1)C(=O)N2c1cc(Cl)cc(Cl)c1)c1nccs1. The zero-order chi connectivity index (χ0) is 30.2. The van der Waals surface area contributed by atoms with Crippen LogP contribution in [0.25, 0.3) is 0 Å². The molecule has 1 aliphatic heterocycles. The van der Waals surface area contributed by atoms with Crippen LogP contribution in [0.5, 0.6) is 0 Å². The molecule has 1 unspecified atom stereocenters. The number of carbonyl (C=O) groups excluding carboxylic acids is 3. The van der Waals surface area contributed by atoms with Crippen LogP contribution in [0.3, 0.4) is 0 Å². The van der Waals surface area contributed by atoms with Crippen molar-refractivity contribution in [1.29, 1.82) is 5.26 Å². The summed E-state index contributed by atoms with van der Waals surface area (Å²) in [6.45, 7) is 5.10. The monoisotopic (exact) mass is 621 g/mol. The number of rotatable bonds is 8. The summed E-state index contributed by atoms with van der Waals surface area (Å²) >= 11 is 13.9. The van der Waals surface area contributed by atoms with Gasteiger partial charge in [-0.3, -0.25) is 19.0 Å². The smallest absolute Gasteiger partial charge is 0.270 e. The summed E-state index contributed by atoms with van der Waals surface area (Å²) in [5.74, 6) is -1.12. The Labute approximate surface area is 255 Å². The second-order valence-corrected chi connectivity index (χ2v) is 11.9. The second-order valence-electron chi connectivity index (χ2n) is 10.1. The Hall–Kier alpha value is -4.24. The van der Waals surface area contributed by atoms with Gasteiger partial charge in [0, 0.05) is 28.0 Å². The molecule has 1 aliphatic rings. The van der Waals surface area contributed by atoms with Gasteiger partial charge in [-0.1, -0.05) is 35.3 Å². The van der Waals surface area contributed by atoms with Crippen molar-refractivity contribution in [1.82, 2.24) is 25.2 Å². The van der Waals surface area contributed by atoms with Crippen LogP contribution in [0, 0.1) is 11.3 Å². The van der Waals surface area contributed by atoms with Crippen molar-refractivity contribution in [3.63, 3.8) is 0 Å². The van der Waals surface area contributed by atoms with E-state index in [1.165, 1.54) is 22.4 Å². The van der Waals surface area contributed by atoms with Crippen LogP contribution < -0.4 is 15.5 Å². The van der Waals surface area contributed by atoms with Gasteiger partial charge in [-0.15, -0.1) is 11.3 Å². The van der Waals surface area contributed by atoms with Gasteiger partial charge in [0.05, 0.1) is 29.6 Å². The van der Waals surface area contributed by atoms with Gasteiger partial charge < -0.3 is 10.6 Å². The third kappa shape index (κ3) is 5.48. The Morgan fingerprint density at radius 1 is 1.10 bits per heavy atom. The number of aromatic nitrogens is 3. The van der Waals surface area contributed by atoms with Gasteiger partial charge in [0.2, 0.25) is 11.9 Å². The number of nitrogens with zero attached hydrogens (tertiary/aromatic N) is 5. The molecule has 2 aromatic heterocycles. The minimum Gasteiger partial charge on any atom is -0.345 e. The normalized spacial score (nSPS) is 17.3. The molecule has 0 saturated carbocycles. The lowest BCUT2D eigenvalue weighted by molar-refractivity contribution is -0.124. The number of benzene rings is 2. The van der Waals surface area contributed by atoms with E-state index in [0.717, 1.165) is 10.6 Å². The maximum atomic E-state index is 14.2. The van der Waals surface area contributed by atoms with E-state index in [0.29, 0.717) is 21.3 Å². The number of fused-ring (bicyclic) bond motifs is 1. The van der Waals surface area contributed by atoms with E-state index >= 15 is 0 Å². The van der Waals surface area contributed by atoms with Gasteiger partial charge in [-0.25, -0.2) is 14.9 Å². The molecule has 3 amide bonds. The minimum atomic E-state index is -1.30. The zero-order valence-corrected chi connectivity index (χ0v) is 25.1. The van der Waals surface area contributed by atoms with Gasteiger partial charge in [-0.05, 0) is 56.7 Å². The van der Waals surface area contributed by atoms with E-state index in [1.807, 2.05) is 12.3 Å². The molecule has 0 bridgehead atoms. The summed E-state index contributed by atoms with van der Waals surface area (Å²) in [7, 11) is 0. The molecule has 42 heavy (non-hydrogen) atoms. The fourth-order valence-corrected chi connectivity index (χ4v) is 6.07. The standard InChI is InChI=1S/C29H25Cl2N7O3S/c1-16(24(39)36-17(2)26-33-8-9-42-26)35-25(40)23-15-34-28-37(22-11-20(30)10-21(31)12-22)27(41)29(3,38(23)28)13-18-4-6-19(14-32)7-5-18/h4-12,15-17H,13H2,1-3H3,(H,35,40)(H,36,39)/t16-,17?,29+/m0/s1. The maximum Gasteiger partial charge on any atom is 0.270 e. The first-order valence-corrected chi connectivity index (χ1v) is 14.5. The van der Waals surface area contributed by atoms with E-state index in [2.05, 4.69) is 26.7 Å². The first kappa shape index (κ1) is 29.3. The number of hydrogen-bond donors (Lipinski definition) is 2. The number of thiazole rings is 1. The van der Waals surface area contributed by atoms with Crippen LogP contribution in [-0.2, 0) is 21.5 Å². The highest BCUT2D eigenvalue weighted by molar-refractivity contribution is 7.09. The summed E-state index contributed by atoms with van der Waals surface area (Å²) in [4.78, 5) is 50.7. The molecule has 3 heterocycles. The van der Waals surface area contributed by atoms with Gasteiger partial charge in [0.15, 0.2) is 0 Å². The van der Waals surface area contributed by atoms with E-state index in [9.17, 15) is 19.6 Å². The Balaban J connectivity index is 1.49. The summed E-state index contributed by atoms with van der Waals surface area (Å²) in [5.41, 5.74) is 0.440. The Morgan fingerprint density at radius 2 is 1.79 bits per heavy atom. The number of nitrogens with one attached hydrogen (secondary N) is 2. The predicted octanol–water partition coefficient (Wildman–Crippen LogP) is 5.15. The highest BCUT2D eigenvalue weighted by Crippen LogP contribution is 2.43.